The molecule has 0 saturated heterocycles. The molecule has 5 heteroatoms. The Labute approximate surface area is 74.2 Å². The fourth-order valence-corrected chi connectivity index (χ4v) is 0.885. The van der Waals surface area contributed by atoms with Crippen LogP contribution in [-0.4, -0.2) is 17.1 Å². The molecule has 0 aliphatic carbocycles. The second-order valence-corrected chi connectivity index (χ2v) is 2.27. The van der Waals surface area contributed by atoms with Crippen LogP contribution >= 0.6 is 0 Å². The van der Waals surface area contributed by atoms with Crippen molar-refractivity contribution >= 4 is 11.9 Å². The summed E-state index contributed by atoms with van der Waals surface area (Å²) in [6.45, 7) is 0. The summed E-state index contributed by atoms with van der Waals surface area (Å²) in [4.78, 5) is 0. The minimum atomic E-state index is -0.398. The summed E-state index contributed by atoms with van der Waals surface area (Å²) in [5, 5.41) is 14.3. The van der Waals surface area contributed by atoms with Crippen molar-refractivity contribution in [2.24, 2.45) is 16.1 Å². The largest absolute Gasteiger partial charge is 0.411 e. The number of hydrogen-bond acceptors (Lipinski definition) is 4. The van der Waals surface area contributed by atoms with Crippen LogP contribution in [-0.2, 0) is 0 Å². The molecule has 0 aromatic heterocycles. The number of nitrogens with zero attached hydrogens (tertiary/aromatic N) is 2. The average Bonchev–Trinajstić information content (AvgIpc) is 2.14. The van der Waals surface area contributed by atoms with Gasteiger partial charge < -0.3 is 11.0 Å². The van der Waals surface area contributed by atoms with Crippen LogP contribution in [0.25, 0.3) is 0 Å². The lowest BCUT2D eigenvalue weighted by Crippen LogP contribution is -2.06. The van der Waals surface area contributed by atoms with Crippen molar-refractivity contribution in [1.82, 2.24) is 0 Å². The van der Waals surface area contributed by atoms with E-state index in [1.165, 1.54) is 18.2 Å². The van der Waals surface area contributed by atoms with Crippen molar-refractivity contribution in [2.75, 3.05) is 0 Å². The van der Waals surface area contributed by atoms with Crippen LogP contribution in [0.1, 0.15) is 5.56 Å². The van der Waals surface area contributed by atoms with E-state index < -0.39 is 5.82 Å². The third-order valence-corrected chi connectivity index (χ3v) is 1.44. The van der Waals surface area contributed by atoms with Gasteiger partial charge in [0.1, 0.15) is 11.5 Å². The standard InChI is InChI=1S/C8H8FN3O/c9-7-3-1-2-6(4-7)8(12-10)5-11-13/h1-5,13H,10H2. The summed E-state index contributed by atoms with van der Waals surface area (Å²) < 4.78 is 12.7. The highest BCUT2D eigenvalue weighted by atomic mass is 19.1. The number of nitrogens with two attached hydrogens (primary N) is 1. The zero-order valence-electron chi connectivity index (χ0n) is 6.68. The van der Waals surface area contributed by atoms with Gasteiger partial charge in [-0.1, -0.05) is 17.3 Å². The van der Waals surface area contributed by atoms with E-state index in [0.717, 1.165) is 6.21 Å². The maximum atomic E-state index is 12.7. The van der Waals surface area contributed by atoms with Gasteiger partial charge in [0.25, 0.3) is 0 Å². The Morgan fingerprint density at radius 3 is 2.85 bits per heavy atom. The van der Waals surface area contributed by atoms with E-state index in [4.69, 9.17) is 11.0 Å². The molecule has 0 aliphatic rings. The van der Waals surface area contributed by atoms with Gasteiger partial charge in [-0.2, -0.15) is 5.10 Å². The average molecular weight is 181 g/mol. The lowest BCUT2D eigenvalue weighted by Gasteiger charge is -1.97. The van der Waals surface area contributed by atoms with Gasteiger partial charge >= 0.3 is 0 Å². The van der Waals surface area contributed by atoms with Gasteiger partial charge in [0.05, 0.1) is 6.21 Å². The van der Waals surface area contributed by atoms with Gasteiger partial charge in [0.15, 0.2) is 0 Å². The van der Waals surface area contributed by atoms with Crippen molar-refractivity contribution < 1.29 is 9.60 Å². The number of halogens is 1. The Morgan fingerprint density at radius 1 is 1.54 bits per heavy atom. The van der Waals surface area contributed by atoms with E-state index in [9.17, 15) is 4.39 Å². The van der Waals surface area contributed by atoms with Crippen molar-refractivity contribution in [2.45, 2.75) is 0 Å². The second kappa shape index (κ2) is 4.20. The highest BCUT2D eigenvalue weighted by Gasteiger charge is 2.01. The number of rotatable bonds is 2. The topological polar surface area (TPSA) is 71.0 Å². The number of hydrazone groups is 1. The third kappa shape index (κ3) is 2.26. The van der Waals surface area contributed by atoms with Gasteiger partial charge in [0.2, 0.25) is 0 Å². The molecule has 0 radical (unpaired) electrons. The van der Waals surface area contributed by atoms with E-state index in [0.29, 0.717) is 5.56 Å². The molecule has 0 unspecified atom stereocenters. The molecule has 0 heterocycles. The molecule has 1 aromatic carbocycles. The van der Waals surface area contributed by atoms with Crippen LogP contribution < -0.4 is 5.84 Å². The molecule has 3 N–H and O–H groups in total. The lowest BCUT2D eigenvalue weighted by atomic mass is 10.1. The fraction of sp³-hybridized carbons (Fsp3) is 0. The highest BCUT2D eigenvalue weighted by Crippen LogP contribution is 2.03. The quantitative estimate of drug-likeness (QED) is 0.308. The Balaban J connectivity index is 3.06. The van der Waals surface area contributed by atoms with Crippen LogP contribution in [0.4, 0.5) is 4.39 Å². The highest BCUT2D eigenvalue weighted by molar-refractivity contribution is 6.37. The molecule has 0 aliphatic heterocycles. The molecule has 0 spiro atoms. The molecular weight excluding hydrogens is 173 g/mol. The summed E-state index contributed by atoms with van der Waals surface area (Å²) in [7, 11) is 0. The van der Waals surface area contributed by atoms with Gasteiger partial charge in [0, 0.05) is 5.56 Å². The zero-order valence-corrected chi connectivity index (χ0v) is 6.68. The summed E-state index contributed by atoms with van der Waals surface area (Å²) in [6, 6.07) is 5.67. The Kier molecular flexibility index (Phi) is 2.97. The van der Waals surface area contributed by atoms with Crippen LogP contribution in [0, 0.1) is 5.82 Å². The van der Waals surface area contributed by atoms with Crippen LogP contribution in [0.15, 0.2) is 34.5 Å². The molecule has 4 nitrogen and oxygen atoms in total. The minimum absolute atomic E-state index is 0.210. The van der Waals surface area contributed by atoms with Crippen LogP contribution in [0.3, 0.4) is 0 Å². The first kappa shape index (κ1) is 9.18. The molecular formula is C8H8FN3O. The van der Waals surface area contributed by atoms with Crippen molar-refractivity contribution in [3.63, 3.8) is 0 Å². The smallest absolute Gasteiger partial charge is 0.123 e. The van der Waals surface area contributed by atoms with Crippen LogP contribution in [0.5, 0.6) is 0 Å². The SMILES string of the molecule is NN=C(C=NO)c1cccc(F)c1. The molecule has 0 atom stereocenters. The summed E-state index contributed by atoms with van der Waals surface area (Å²) >= 11 is 0. The predicted molar refractivity (Wildman–Crippen MR) is 47.4 cm³/mol. The van der Waals surface area contributed by atoms with E-state index in [1.54, 1.807) is 6.07 Å². The molecule has 0 fully saturated rings. The second-order valence-electron chi connectivity index (χ2n) is 2.27. The minimum Gasteiger partial charge on any atom is -0.411 e. The van der Waals surface area contributed by atoms with E-state index in [-0.39, 0.29) is 5.71 Å². The van der Waals surface area contributed by atoms with Gasteiger partial charge in [-0.05, 0) is 12.1 Å². The first-order chi connectivity index (χ1) is 6.27. The Bertz CT molecular complexity index is 349. The Hall–Kier alpha value is -1.91. The Morgan fingerprint density at radius 2 is 2.31 bits per heavy atom. The summed E-state index contributed by atoms with van der Waals surface area (Å²) in [5.41, 5.74) is 0.669. The molecule has 0 saturated carbocycles. The summed E-state index contributed by atoms with van der Waals surface area (Å²) in [5.74, 6) is 4.61. The number of hydrogen-bond donors (Lipinski definition) is 2. The van der Waals surface area contributed by atoms with Gasteiger partial charge in [-0.25, -0.2) is 4.39 Å². The van der Waals surface area contributed by atoms with Crippen LogP contribution in [0.2, 0.25) is 0 Å². The van der Waals surface area contributed by atoms with E-state index in [1.807, 2.05) is 0 Å². The fourth-order valence-electron chi connectivity index (χ4n) is 0.885. The van der Waals surface area contributed by atoms with Gasteiger partial charge in [-0.3, -0.25) is 0 Å². The lowest BCUT2D eigenvalue weighted by molar-refractivity contribution is 0.322. The molecule has 0 amide bonds. The van der Waals surface area contributed by atoms with Gasteiger partial charge in [-0.15, -0.1) is 0 Å². The van der Waals surface area contributed by atoms with E-state index >= 15 is 0 Å². The molecule has 13 heavy (non-hydrogen) atoms. The molecule has 1 aromatic rings. The van der Waals surface area contributed by atoms with Crippen molar-refractivity contribution in [3.05, 3.63) is 35.6 Å². The molecule has 68 valence electrons. The molecule has 0 bridgehead atoms. The first-order valence-corrected chi connectivity index (χ1v) is 3.49. The predicted octanol–water partition coefficient (Wildman–Crippen LogP) is 0.948. The first-order valence-electron chi connectivity index (χ1n) is 3.49. The van der Waals surface area contributed by atoms with E-state index in [2.05, 4.69) is 10.3 Å². The zero-order chi connectivity index (χ0) is 9.68. The molecule has 1 rings (SSSR count). The van der Waals surface area contributed by atoms with Crippen molar-refractivity contribution in [3.8, 4) is 0 Å². The summed E-state index contributed by atoms with van der Waals surface area (Å²) in [6.07, 6.45) is 1.04. The third-order valence-electron chi connectivity index (χ3n) is 1.44. The van der Waals surface area contributed by atoms with Crippen molar-refractivity contribution in [1.29, 1.82) is 0 Å². The monoisotopic (exact) mass is 181 g/mol. The number of oxime groups is 1. The normalized spacial score (nSPS) is 12.2. The maximum absolute atomic E-state index is 12.7. The number of benzene rings is 1. The maximum Gasteiger partial charge on any atom is 0.123 e.